The molecule has 0 aromatic carbocycles. The van der Waals surface area contributed by atoms with Gasteiger partial charge in [0.25, 0.3) is 0 Å². The molecule has 2 atom stereocenters. The maximum Gasteiger partial charge on any atom is 0.194 e. The second-order valence-corrected chi connectivity index (χ2v) is 8.99. The molecule has 3 rings (SSSR count). The first-order valence-electron chi connectivity index (χ1n) is 11.8. The van der Waals surface area contributed by atoms with E-state index in [1.165, 1.54) is 45.2 Å². The van der Waals surface area contributed by atoms with E-state index in [0.717, 1.165) is 58.4 Å². The van der Waals surface area contributed by atoms with Crippen molar-refractivity contribution in [2.45, 2.75) is 65.0 Å². The molecule has 0 saturated carbocycles. The average molecular weight is 394 g/mol. The van der Waals surface area contributed by atoms with E-state index in [2.05, 4.69) is 40.8 Å². The molecular weight excluding hydrogens is 350 g/mol. The molecule has 3 saturated heterocycles. The molecule has 0 amide bonds. The van der Waals surface area contributed by atoms with E-state index >= 15 is 0 Å². The molecule has 0 bridgehead atoms. The van der Waals surface area contributed by atoms with E-state index in [1.54, 1.807) is 0 Å². The minimum Gasteiger partial charge on any atom is -0.379 e. The Morgan fingerprint density at radius 2 is 1.75 bits per heavy atom. The van der Waals surface area contributed by atoms with Crippen LogP contribution in [0, 0.1) is 5.92 Å². The Hall–Kier alpha value is -0.850. The molecule has 3 aliphatic rings. The van der Waals surface area contributed by atoms with Gasteiger partial charge in [-0.15, -0.1) is 0 Å². The highest BCUT2D eigenvalue weighted by molar-refractivity contribution is 5.80. The molecule has 0 radical (unpaired) electrons. The molecule has 0 aromatic rings. The molecule has 0 aliphatic carbocycles. The third kappa shape index (κ3) is 6.07. The summed E-state index contributed by atoms with van der Waals surface area (Å²) < 4.78 is 5.53. The molecule has 6 heteroatoms. The van der Waals surface area contributed by atoms with Gasteiger partial charge in [-0.05, 0) is 45.2 Å². The summed E-state index contributed by atoms with van der Waals surface area (Å²) in [5.41, 5.74) is 0. The number of aliphatic imine (C=N–C) groups is 1. The maximum absolute atomic E-state index is 5.53. The van der Waals surface area contributed by atoms with Gasteiger partial charge in [-0.25, -0.2) is 0 Å². The first-order valence-corrected chi connectivity index (χ1v) is 11.8. The lowest BCUT2D eigenvalue weighted by atomic mass is 10.0. The topological polar surface area (TPSA) is 43.3 Å². The summed E-state index contributed by atoms with van der Waals surface area (Å²) in [6.45, 7) is 17.4. The van der Waals surface area contributed by atoms with Crippen LogP contribution < -0.4 is 5.32 Å². The summed E-state index contributed by atoms with van der Waals surface area (Å²) in [5.74, 6) is 1.77. The maximum atomic E-state index is 5.53. The van der Waals surface area contributed by atoms with Gasteiger partial charge in [0.1, 0.15) is 0 Å². The van der Waals surface area contributed by atoms with Crippen molar-refractivity contribution in [2.24, 2.45) is 10.9 Å². The fourth-order valence-electron chi connectivity index (χ4n) is 4.96. The molecule has 0 spiro atoms. The van der Waals surface area contributed by atoms with Gasteiger partial charge >= 0.3 is 0 Å². The molecule has 0 aromatic heterocycles. The molecule has 3 aliphatic heterocycles. The predicted octanol–water partition coefficient (Wildman–Crippen LogP) is 2.26. The normalized spacial score (nSPS) is 27.2. The fraction of sp³-hybridized carbons (Fsp3) is 0.955. The van der Waals surface area contributed by atoms with Gasteiger partial charge in [0, 0.05) is 44.8 Å². The number of ether oxygens (including phenoxy) is 1. The van der Waals surface area contributed by atoms with Crippen molar-refractivity contribution in [1.29, 1.82) is 0 Å². The Morgan fingerprint density at radius 3 is 2.39 bits per heavy atom. The van der Waals surface area contributed by atoms with Gasteiger partial charge in [0.15, 0.2) is 5.96 Å². The molecule has 162 valence electrons. The highest BCUT2D eigenvalue weighted by Crippen LogP contribution is 2.20. The fourth-order valence-corrected chi connectivity index (χ4v) is 4.96. The molecule has 28 heavy (non-hydrogen) atoms. The lowest BCUT2D eigenvalue weighted by Gasteiger charge is -2.33. The minimum atomic E-state index is 0.560. The van der Waals surface area contributed by atoms with Crippen molar-refractivity contribution < 1.29 is 4.74 Å². The molecule has 1 N–H and O–H groups in total. The van der Waals surface area contributed by atoms with E-state index in [9.17, 15) is 0 Å². The van der Waals surface area contributed by atoms with Crippen LogP contribution in [0.1, 0.15) is 52.9 Å². The first-order chi connectivity index (χ1) is 13.7. The summed E-state index contributed by atoms with van der Waals surface area (Å²) in [4.78, 5) is 13.0. The Labute approximate surface area is 172 Å². The largest absolute Gasteiger partial charge is 0.379 e. The van der Waals surface area contributed by atoms with E-state index in [-0.39, 0.29) is 0 Å². The van der Waals surface area contributed by atoms with Gasteiger partial charge in [-0.2, -0.15) is 0 Å². The van der Waals surface area contributed by atoms with Crippen LogP contribution in [0.4, 0.5) is 0 Å². The van der Waals surface area contributed by atoms with Crippen LogP contribution in [0.3, 0.4) is 0 Å². The first kappa shape index (κ1) is 21.8. The van der Waals surface area contributed by atoms with E-state index in [4.69, 9.17) is 9.73 Å². The summed E-state index contributed by atoms with van der Waals surface area (Å²) in [6.07, 6.45) is 6.72. The number of nitrogens with one attached hydrogen (secondary N) is 1. The van der Waals surface area contributed by atoms with E-state index < -0.39 is 0 Å². The van der Waals surface area contributed by atoms with Gasteiger partial charge in [0.2, 0.25) is 0 Å². The number of hydrogen-bond acceptors (Lipinski definition) is 4. The van der Waals surface area contributed by atoms with Crippen molar-refractivity contribution in [2.75, 3.05) is 65.6 Å². The second-order valence-electron chi connectivity index (χ2n) is 8.99. The summed E-state index contributed by atoms with van der Waals surface area (Å²) >= 11 is 0. The number of likely N-dealkylation sites (tertiary alicyclic amines) is 2. The Bertz CT molecular complexity index is 470. The molecular formula is C22H43N5O. The van der Waals surface area contributed by atoms with Gasteiger partial charge in [-0.1, -0.05) is 26.7 Å². The molecule has 3 heterocycles. The minimum absolute atomic E-state index is 0.560. The highest BCUT2D eigenvalue weighted by Gasteiger charge is 2.30. The number of morpholine rings is 1. The van der Waals surface area contributed by atoms with Crippen LogP contribution in [-0.2, 0) is 4.74 Å². The predicted molar refractivity (Wildman–Crippen MR) is 117 cm³/mol. The van der Waals surface area contributed by atoms with Gasteiger partial charge in [0.05, 0.1) is 19.8 Å². The summed E-state index contributed by atoms with van der Waals surface area (Å²) in [6, 6.07) is 1.21. The van der Waals surface area contributed by atoms with Crippen LogP contribution >= 0.6 is 0 Å². The highest BCUT2D eigenvalue weighted by atomic mass is 16.5. The molecule has 6 nitrogen and oxygen atoms in total. The van der Waals surface area contributed by atoms with Crippen molar-refractivity contribution in [3.8, 4) is 0 Å². The Morgan fingerprint density at radius 1 is 1.04 bits per heavy atom. The average Bonchev–Trinajstić information content (AvgIpc) is 3.05. The summed E-state index contributed by atoms with van der Waals surface area (Å²) in [7, 11) is 0. The lowest BCUT2D eigenvalue weighted by molar-refractivity contribution is 0.0195. The lowest BCUT2D eigenvalue weighted by Crippen LogP contribution is -2.47. The second kappa shape index (κ2) is 11.4. The van der Waals surface area contributed by atoms with Crippen LogP contribution in [0.5, 0.6) is 0 Å². The van der Waals surface area contributed by atoms with Crippen LogP contribution in [0.2, 0.25) is 0 Å². The zero-order chi connectivity index (χ0) is 19.8. The monoisotopic (exact) mass is 393 g/mol. The van der Waals surface area contributed by atoms with Gasteiger partial charge in [-0.3, -0.25) is 14.8 Å². The molecule has 2 unspecified atom stereocenters. The third-order valence-electron chi connectivity index (χ3n) is 6.67. The van der Waals surface area contributed by atoms with Crippen molar-refractivity contribution in [3.05, 3.63) is 0 Å². The standard InChI is InChI=1S/C22H43N5O/c1-4-23-22(27-12-9-20(18-27)25-13-15-28-16-14-25)24-17-21(19(2)3)26-10-7-5-6-8-11-26/h19-21H,4-18H2,1-3H3,(H,23,24). The van der Waals surface area contributed by atoms with Crippen LogP contribution in [-0.4, -0.2) is 98.3 Å². The quantitative estimate of drug-likeness (QED) is 0.554. The van der Waals surface area contributed by atoms with E-state index in [0.29, 0.717) is 18.0 Å². The van der Waals surface area contributed by atoms with Crippen molar-refractivity contribution >= 4 is 5.96 Å². The third-order valence-corrected chi connectivity index (χ3v) is 6.67. The Balaban J connectivity index is 1.60. The number of hydrogen-bond donors (Lipinski definition) is 1. The number of nitrogens with zero attached hydrogens (tertiary/aromatic N) is 4. The van der Waals surface area contributed by atoms with Crippen LogP contribution in [0.25, 0.3) is 0 Å². The zero-order valence-electron chi connectivity index (χ0n) is 18.5. The smallest absolute Gasteiger partial charge is 0.194 e. The van der Waals surface area contributed by atoms with Crippen LogP contribution in [0.15, 0.2) is 4.99 Å². The SMILES string of the molecule is CCNC(=NCC(C(C)C)N1CCCCCC1)N1CCC(N2CCOCC2)C1. The van der Waals surface area contributed by atoms with Crippen molar-refractivity contribution in [3.63, 3.8) is 0 Å². The van der Waals surface area contributed by atoms with E-state index in [1.807, 2.05) is 0 Å². The summed E-state index contributed by atoms with van der Waals surface area (Å²) in [5, 5.41) is 3.57. The number of rotatable bonds is 6. The van der Waals surface area contributed by atoms with Gasteiger partial charge < -0.3 is 15.0 Å². The van der Waals surface area contributed by atoms with Crippen molar-refractivity contribution in [1.82, 2.24) is 20.0 Å². The zero-order valence-corrected chi connectivity index (χ0v) is 18.5. The molecule has 3 fully saturated rings. The number of guanidine groups is 1. The Kier molecular flexibility index (Phi) is 8.87.